The molecule has 0 fully saturated rings. The minimum atomic E-state index is -2.67. The third-order valence-electron chi connectivity index (χ3n) is 1.53. The van der Waals surface area contributed by atoms with E-state index in [1.807, 2.05) is 0 Å². The monoisotopic (exact) mass is 233 g/mol. The molecular weight excluding hydrogens is 228 g/mol. The lowest BCUT2D eigenvalue weighted by Gasteiger charge is -2.06. The second kappa shape index (κ2) is 5.01. The summed E-state index contributed by atoms with van der Waals surface area (Å²) in [5.41, 5.74) is -0.349. The number of alkyl halides is 1. The van der Waals surface area contributed by atoms with Gasteiger partial charge in [0.2, 0.25) is 0 Å². The quantitative estimate of drug-likeness (QED) is 0.584. The Balaban J connectivity index is 2.78. The van der Waals surface area contributed by atoms with E-state index in [0.717, 1.165) is 12.1 Å². The van der Waals surface area contributed by atoms with Crippen molar-refractivity contribution in [1.82, 2.24) is 0 Å². The van der Waals surface area contributed by atoms with Gasteiger partial charge in [-0.1, -0.05) is 6.07 Å². The molecule has 0 spiro atoms. The third kappa shape index (κ3) is 2.87. The molecule has 1 unspecified atom stereocenters. The van der Waals surface area contributed by atoms with Gasteiger partial charge in [-0.25, -0.2) is 9.74 Å². The van der Waals surface area contributed by atoms with Gasteiger partial charge in [0.05, 0.1) is 11.0 Å². The zero-order chi connectivity index (χ0) is 12.1. The average molecular weight is 233 g/mol. The lowest BCUT2D eigenvalue weighted by atomic mass is 10.3. The maximum absolute atomic E-state index is 12.7. The molecule has 6 nitrogen and oxygen atoms in total. The summed E-state index contributed by atoms with van der Waals surface area (Å²) in [6.07, 6.45) is -2.67. The zero-order valence-electron chi connectivity index (χ0n) is 7.63. The minimum Gasteiger partial charge on any atom is -0.450 e. The molecule has 86 valence electrons. The molecule has 0 amide bonds. The predicted molar refractivity (Wildman–Crippen MR) is 45.8 cm³/mol. The molecule has 0 saturated carbocycles. The van der Waals surface area contributed by atoms with Crippen molar-refractivity contribution in [3.8, 4) is 5.75 Å². The Morgan fingerprint density at radius 1 is 1.50 bits per heavy atom. The molecule has 0 bridgehead atoms. The minimum absolute atomic E-state index is 0.285. The third-order valence-corrected chi connectivity index (χ3v) is 1.53. The van der Waals surface area contributed by atoms with E-state index in [1.54, 1.807) is 0 Å². The molecule has 1 atom stereocenters. The van der Waals surface area contributed by atoms with Gasteiger partial charge in [0.25, 0.3) is 5.69 Å². The van der Waals surface area contributed by atoms with Crippen LogP contribution in [0.25, 0.3) is 0 Å². The first-order valence-corrected chi connectivity index (χ1v) is 3.92. The molecule has 1 aromatic rings. The van der Waals surface area contributed by atoms with Crippen LogP contribution in [0.1, 0.15) is 0 Å². The van der Waals surface area contributed by atoms with E-state index in [4.69, 9.17) is 0 Å². The van der Waals surface area contributed by atoms with Crippen LogP contribution in [-0.4, -0.2) is 17.3 Å². The van der Waals surface area contributed by atoms with Crippen LogP contribution in [0, 0.1) is 10.1 Å². The SMILES string of the molecule is O=C(OF)C(F)Oc1cccc([N+](=O)[O-])c1. The van der Waals surface area contributed by atoms with Gasteiger partial charge < -0.3 is 4.74 Å². The summed E-state index contributed by atoms with van der Waals surface area (Å²) in [4.78, 5) is 22.5. The fourth-order valence-corrected chi connectivity index (χ4v) is 0.873. The number of non-ortho nitro benzene ring substituents is 1. The summed E-state index contributed by atoms with van der Waals surface area (Å²) in [6.45, 7) is 0. The summed E-state index contributed by atoms with van der Waals surface area (Å²) in [5.74, 6) is -2.15. The van der Waals surface area contributed by atoms with E-state index in [-0.39, 0.29) is 11.4 Å². The van der Waals surface area contributed by atoms with Crippen molar-refractivity contribution in [3.63, 3.8) is 0 Å². The molecule has 0 aliphatic heterocycles. The highest BCUT2D eigenvalue weighted by molar-refractivity contribution is 5.72. The fourth-order valence-electron chi connectivity index (χ4n) is 0.873. The first kappa shape index (κ1) is 11.8. The van der Waals surface area contributed by atoms with E-state index in [2.05, 4.69) is 9.68 Å². The van der Waals surface area contributed by atoms with Crippen molar-refractivity contribution in [3.05, 3.63) is 34.4 Å². The molecule has 0 aliphatic carbocycles. The van der Waals surface area contributed by atoms with Crippen molar-refractivity contribution in [2.24, 2.45) is 0 Å². The van der Waals surface area contributed by atoms with Crippen LogP contribution in [0.2, 0.25) is 0 Å². The van der Waals surface area contributed by atoms with Crippen molar-refractivity contribution in [2.45, 2.75) is 6.36 Å². The Labute approximate surface area is 87.4 Å². The molecule has 0 saturated heterocycles. The average Bonchev–Trinajstić information content (AvgIpc) is 2.28. The van der Waals surface area contributed by atoms with E-state index in [1.165, 1.54) is 12.1 Å². The van der Waals surface area contributed by atoms with E-state index in [0.29, 0.717) is 0 Å². The Morgan fingerprint density at radius 3 is 2.75 bits per heavy atom. The number of benzene rings is 1. The number of hydrogen-bond donors (Lipinski definition) is 0. The van der Waals surface area contributed by atoms with Gasteiger partial charge in [0.1, 0.15) is 5.75 Å². The van der Waals surface area contributed by atoms with Crippen LogP contribution >= 0.6 is 0 Å². The van der Waals surface area contributed by atoms with Crippen LogP contribution in [0.15, 0.2) is 24.3 Å². The molecule has 0 aromatic heterocycles. The molecule has 1 aromatic carbocycles. The molecule has 0 radical (unpaired) electrons. The normalized spacial score (nSPS) is 11.6. The van der Waals surface area contributed by atoms with Gasteiger partial charge in [-0.05, 0) is 6.07 Å². The summed E-state index contributed by atoms with van der Waals surface area (Å²) in [5, 5.41) is 10.3. The second-order valence-corrected chi connectivity index (χ2v) is 2.58. The second-order valence-electron chi connectivity index (χ2n) is 2.58. The number of nitro groups is 1. The van der Waals surface area contributed by atoms with Crippen LogP contribution < -0.4 is 4.74 Å². The standard InChI is InChI=1S/C8H5F2NO5/c9-7(8(12)16-10)15-6-3-1-2-5(4-6)11(13)14/h1-4,7H. The van der Waals surface area contributed by atoms with E-state index >= 15 is 0 Å². The first-order chi connectivity index (χ1) is 7.54. The van der Waals surface area contributed by atoms with Crippen molar-refractivity contribution in [1.29, 1.82) is 0 Å². The highest BCUT2D eigenvalue weighted by Crippen LogP contribution is 2.20. The fraction of sp³-hybridized carbons (Fsp3) is 0.125. The maximum atomic E-state index is 12.7. The van der Waals surface area contributed by atoms with Crippen LogP contribution in [0.4, 0.5) is 14.6 Å². The number of nitro benzene ring substituents is 1. The summed E-state index contributed by atoms with van der Waals surface area (Å²) in [6, 6.07) is 4.43. The lowest BCUT2D eigenvalue weighted by Crippen LogP contribution is -2.22. The Kier molecular flexibility index (Phi) is 3.70. The van der Waals surface area contributed by atoms with Gasteiger partial charge in [-0.3, -0.25) is 10.1 Å². The predicted octanol–water partition coefficient (Wildman–Crippen LogP) is 1.70. The van der Waals surface area contributed by atoms with Crippen LogP contribution in [-0.2, 0) is 9.74 Å². The van der Waals surface area contributed by atoms with E-state index < -0.39 is 17.3 Å². The zero-order valence-corrected chi connectivity index (χ0v) is 7.63. The number of carbonyl (C=O) groups excluding carboxylic acids is 1. The molecule has 0 heterocycles. The van der Waals surface area contributed by atoms with E-state index in [9.17, 15) is 23.8 Å². The molecule has 8 heteroatoms. The Bertz CT molecular complexity index is 411. The number of halogens is 2. The van der Waals surface area contributed by atoms with Crippen LogP contribution in [0.5, 0.6) is 5.75 Å². The smallest absolute Gasteiger partial charge is 0.421 e. The number of carbonyl (C=O) groups is 1. The maximum Gasteiger partial charge on any atom is 0.421 e. The number of ether oxygens (including phenoxy) is 1. The largest absolute Gasteiger partial charge is 0.450 e. The number of nitrogens with zero attached hydrogens (tertiary/aromatic N) is 1. The highest BCUT2D eigenvalue weighted by Gasteiger charge is 2.22. The Morgan fingerprint density at radius 2 is 2.19 bits per heavy atom. The van der Waals surface area contributed by atoms with Gasteiger partial charge in [0, 0.05) is 10.6 Å². The summed E-state index contributed by atoms with van der Waals surface area (Å²) in [7, 11) is 0. The van der Waals surface area contributed by atoms with Gasteiger partial charge in [-0.15, -0.1) is 0 Å². The molecule has 0 N–H and O–H groups in total. The van der Waals surface area contributed by atoms with Crippen LogP contribution in [0.3, 0.4) is 0 Å². The molecule has 0 aliphatic rings. The van der Waals surface area contributed by atoms with Gasteiger partial charge in [0.15, 0.2) is 0 Å². The molecular formula is C8H5F2NO5. The highest BCUT2D eigenvalue weighted by atomic mass is 19.3. The number of hydrogen-bond acceptors (Lipinski definition) is 5. The Hall–Kier alpha value is -2.25. The topological polar surface area (TPSA) is 78.7 Å². The van der Waals surface area contributed by atoms with Gasteiger partial charge in [-0.2, -0.15) is 4.39 Å². The van der Waals surface area contributed by atoms with Crippen molar-refractivity contribution < 1.29 is 28.3 Å². The first-order valence-electron chi connectivity index (χ1n) is 3.92. The summed E-state index contributed by atoms with van der Waals surface area (Å²) >= 11 is 0. The van der Waals surface area contributed by atoms with Crippen molar-refractivity contribution in [2.75, 3.05) is 0 Å². The summed E-state index contributed by atoms with van der Waals surface area (Å²) < 4.78 is 28.3. The molecule has 16 heavy (non-hydrogen) atoms. The molecule has 1 rings (SSSR count). The van der Waals surface area contributed by atoms with Crippen molar-refractivity contribution >= 4 is 11.7 Å². The lowest BCUT2D eigenvalue weighted by molar-refractivity contribution is -0.385. The van der Waals surface area contributed by atoms with Gasteiger partial charge >= 0.3 is 12.3 Å². The number of rotatable bonds is 4.